The Morgan fingerprint density at radius 1 is 0.895 bits per heavy atom. The fourth-order valence-electron chi connectivity index (χ4n) is 6.08. The van der Waals surface area contributed by atoms with Gasteiger partial charge in [-0.1, -0.05) is 6.07 Å². The summed E-state index contributed by atoms with van der Waals surface area (Å²) < 4.78 is 10.9. The summed E-state index contributed by atoms with van der Waals surface area (Å²) in [5, 5.41) is 0. The molecule has 2 aromatic rings. The standard InChI is InChI=1S/C28H32N4O6/c33-25(29-11-13-30(14-12-29)27(35)23-9-4-16-38-23)19-5-2-10-31(17-19)22-8-1-7-21-24(22)28(36)32(26(21)34)18-20-6-3-15-37-20/h1,4,7-9,16,19-20H,2-3,5-6,10-15,17-18H2/t19-,20-/m1/s1. The molecule has 3 saturated heterocycles. The Bertz CT molecular complexity index is 1230. The van der Waals surface area contributed by atoms with Gasteiger partial charge in [0.1, 0.15) is 0 Å². The van der Waals surface area contributed by atoms with Gasteiger partial charge in [-0.3, -0.25) is 24.1 Å². The monoisotopic (exact) mass is 520 g/mol. The number of carbonyl (C=O) groups excluding carboxylic acids is 4. The summed E-state index contributed by atoms with van der Waals surface area (Å²) in [7, 11) is 0. The molecule has 0 saturated carbocycles. The highest BCUT2D eigenvalue weighted by atomic mass is 16.5. The van der Waals surface area contributed by atoms with Crippen molar-refractivity contribution in [1.82, 2.24) is 14.7 Å². The number of amides is 4. The molecule has 10 heteroatoms. The quantitative estimate of drug-likeness (QED) is 0.557. The molecule has 6 rings (SSSR count). The molecule has 10 nitrogen and oxygen atoms in total. The average Bonchev–Trinajstić information content (AvgIpc) is 3.73. The number of benzene rings is 1. The fraction of sp³-hybridized carbons (Fsp3) is 0.500. The number of hydrogen-bond acceptors (Lipinski definition) is 7. The number of piperidine rings is 1. The molecule has 0 radical (unpaired) electrons. The van der Waals surface area contributed by atoms with Crippen molar-refractivity contribution in [2.45, 2.75) is 31.8 Å². The third-order valence-corrected chi connectivity index (χ3v) is 8.11. The van der Waals surface area contributed by atoms with E-state index in [1.54, 1.807) is 23.1 Å². The molecule has 200 valence electrons. The minimum absolute atomic E-state index is 0.0785. The van der Waals surface area contributed by atoms with Crippen molar-refractivity contribution in [3.8, 4) is 0 Å². The molecule has 4 amide bonds. The van der Waals surface area contributed by atoms with E-state index in [-0.39, 0.29) is 42.2 Å². The highest BCUT2D eigenvalue weighted by Gasteiger charge is 2.41. The van der Waals surface area contributed by atoms with E-state index in [2.05, 4.69) is 4.90 Å². The van der Waals surface area contributed by atoms with E-state index in [0.717, 1.165) is 37.9 Å². The second-order valence-electron chi connectivity index (χ2n) is 10.4. The molecule has 1 aromatic carbocycles. The van der Waals surface area contributed by atoms with Gasteiger partial charge in [-0.15, -0.1) is 0 Å². The summed E-state index contributed by atoms with van der Waals surface area (Å²) in [5.41, 5.74) is 1.59. The van der Waals surface area contributed by atoms with Crippen molar-refractivity contribution in [3.63, 3.8) is 0 Å². The molecule has 0 bridgehead atoms. The van der Waals surface area contributed by atoms with Crippen LogP contribution in [0.15, 0.2) is 41.0 Å². The number of hydrogen-bond donors (Lipinski definition) is 0. The van der Waals surface area contributed by atoms with Crippen LogP contribution in [0.2, 0.25) is 0 Å². The molecule has 2 atom stereocenters. The van der Waals surface area contributed by atoms with Crippen LogP contribution in [0, 0.1) is 5.92 Å². The molecule has 0 spiro atoms. The summed E-state index contributed by atoms with van der Waals surface area (Å²) in [6.45, 7) is 4.04. The first-order valence-electron chi connectivity index (χ1n) is 13.5. The van der Waals surface area contributed by atoms with Crippen molar-refractivity contribution in [2.24, 2.45) is 5.92 Å². The van der Waals surface area contributed by atoms with Crippen molar-refractivity contribution in [3.05, 3.63) is 53.5 Å². The normalized spacial score (nSPS) is 23.8. The number of fused-ring (bicyclic) bond motifs is 1. The first-order chi connectivity index (χ1) is 18.5. The lowest BCUT2D eigenvalue weighted by Gasteiger charge is -2.39. The van der Waals surface area contributed by atoms with E-state index in [0.29, 0.717) is 56.2 Å². The lowest BCUT2D eigenvalue weighted by atomic mass is 9.94. The zero-order valence-electron chi connectivity index (χ0n) is 21.3. The highest BCUT2D eigenvalue weighted by Crippen LogP contribution is 2.35. The maximum absolute atomic E-state index is 13.5. The van der Waals surface area contributed by atoms with E-state index in [1.807, 2.05) is 17.0 Å². The number of imide groups is 1. The molecule has 0 N–H and O–H groups in total. The lowest BCUT2D eigenvalue weighted by Crippen LogP contribution is -2.53. The maximum Gasteiger partial charge on any atom is 0.289 e. The van der Waals surface area contributed by atoms with E-state index in [9.17, 15) is 19.2 Å². The molecular formula is C28H32N4O6. The summed E-state index contributed by atoms with van der Waals surface area (Å²) >= 11 is 0. The van der Waals surface area contributed by atoms with Gasteiger partial charge in [-0.25, -0.2) is 0 Å². The zero-order valence-corrected chi connectivity index (χ0v) is 21.3. The van der Waals surface area contributed by atoms with E-state index < -0.39 is 0 Å². The molecular weight excluding hydrogens is 488 g/mol. The van der Waals surface area contributed by atoms with Gasteiger partial charge in [-0.2, -0.15) is 0 Å². The van der Waals surface area contributed by atoms with Crippen LogP contribution in [-0.2, 0) is 9.53 Å². The van der Waals surface area contributed by atoms with Gasteiger partial charge < -0.3 is 23.9 Å². The van der Waals surface area contributed by atoms with Gasteiger partial charge in [0.15, 0.2) is 5.76 Å². The van der Waals surface area contributed by atoms with Gasteiger partial charge in [0.25, 0.3) is 17.7 Å². The van der Waals surface area contributed by atoms with Gasteiger partial charge in [-0.05, 0) is 49.9 Å². The van der Waals surface area contributed by atoms with Crippen LogP contribution < -0.4 is 4.90 Å². The predicted octanol–water partition coefficient (Wildman–Crippen LogP) is 2.26. The number of furan rings is 1. The molecule has 5 heterocycles. The number of anilines is 1. The summed E-state index contributed by atoms with van der Waals surface area (Å²) in [5.74, 6) is -0.519. The van der Waals surface area contributed by atoms with Crippen LogP contribution >= 0.6 is 0 Å². The second kappa shape index (κ2) is 10.2. The van der Waals surface area contributed by atoms with E-state index >= 15 is 0 Å². The number of carbonyl (C=O) groups is 4. The summed E-state index contributed by atoms with van der Waals surface area (Å²) in [6.07, 6.45) is 4.76. The third-order valence-electron chi connectivity index (χ3n) is 8.11. The van der Waals surface area contributed by atoms with Crippen LogP contribution in [0.4, 0.5) is 5.69 Å². The lowest BCUT2D eigenvalue weighted by molar-refractivity contribution is -0.137. The van der Waals surface area contributed by atoms with Crippen LogP contribution in [0.25, 0.3) is 0 Å². The minimum atomic E-state index is -0.276. The SMILES string of the molecule is O=C(c1ccco1)N1CCN(C(=O)[C@@H]2CCCN(c3cccc4c3C(=O)N(C[C@H]3CCCO3)C4=O)C2)CC1. The van der Waals surface area contributed by atoms with Crippen molar-refractivity contribution >= 4 is 29.3 Å². The number of rotatable bonds is 5. The molecule has 4 aliphatic heterocycles. The Hall–Kier alpha value is -3.66. The highest BCUT2D eigenvalue weighted by molar-refractivity contribution is 6.23. The maximum atomic E-state index is 13.5. The predicted molar refractivity (Wildman–Crippen MR) is 137 cm³/mol. The third kappa shape index (κ3) is 4.47. The van der Waals surface area contributed by atoms with Crippen LogP contribution in [0.3, 0.4) is 0 Å². The van der Waals surface area contributed by atoms with E-state index in [4.69, 9.17) is 9.15 Å². The molecule has 4 aliphatic rings. The van der Waals surface area contributed by atoms with Gasteiger partial charge in [0, 0.05) is 45.9 Å². The molecule has 3 fully saturated rings. The summed E-state index contributed by atoms with van der Waals surface area (Å²) in [6, 6.07) is 8.75. The smallest absolute Gasteiger partial charge is 0.289 e. The Morgan fingerprint density at radius 3 is 2.45 bits per heavy atom. The largest absolute Gasteiger partial charge is 0.459 e. The Kier molecular flexibility index (Phi) is 6.65. The van der Waals surface area contributed by atoms with Crippen molar-refractivity contribution in [2.75, 3.05) is 57.3 Å². The van der Waals surface area contributed by atoms with Gasteiger partial charge in [0.2, 0.25) is 5.91 Å². The first kappa shape index (κ1) is 24.7. The second-order valence-corrected chi connectivity index (χ2v) is 10.4. The molecule has 1 aromatic heterocycles. The molecule has 0 aliphatic carbocycles. The van der Waals surface area contributed by atoms with Crippen LogP contribution in [0.5, 0.6) is 0 Å². The molecule has 38 heavy (non-hydrogen) atoms. The fourth-order valence-corrected chi connectivity index (χ4v) is 6.08. The Balaban J connectivity index is 1.12. The van der Waals surface area contributed by atoms with Crippen LogP contribution in [-0.4, -0.2) is 96.9 Å². The number of nitrogens with zero attached hydrogens (tertiary/aromatic N) is 4. The topological polar surface area (TPSA) is 104 Å². The summed E-state index contributed by atoms with van der Waals surface area (Å²) in [4.78, 5) is 59.5. The Labute approximate surface area is 221 Å². The van der Waals surface area contributed by atoms with Gasteiger partial charge in [0.05, 0.1) is 41.6 Å². The van der Waals surface area contributed by atoms with Crippen molar-refractivity contribution in [1.29, 1.82) is 0 Å². The zero-order chi connectivity index (χ0) is 26.2. The first-order valence-corrected chi connectivity index (χ1v) is 13.5. The average molecular weight is 521 g/mol. The van der Waals surface area contributed by atoms with E-state index in [1.165, 1.54) is 11.2 Å². The number of piperazine rings is 1. The number of ether oxygens (including phenoxy) is 1. The molecule has 0 unspecified atom stereocenters. The minimum Gasteiger partial charge on any atom is -0.459 e. The van der Waals surface area contributed by atoms with Crippen LogP contribution in [0.1, 0.15) is 57.0 Å². The van der Waals surface area contributed by atoms with Crippen molar-refractivity contribution < 1.29 is 28.3 Å². The van der Waals surface area contributed by atoms with Gasteiger partial charge >= 0.3 is 0 Å². The Morgan fingerprint density at radius 2 is 1.71 bits per heavy atom.